The highest BCUT2D eigenvalue weighted by Crippen LogP contribution is 2.29. The number of benzene rings is 1. The van der Waals surface area contributed by atoms with E-state index in [0.717, 1.165) is 5.56 Å². The lowest BCUT2D eigenvalue weighted by Crippen LogP contribution is -2.43. The molecule has 10 heteroatoms. The molecule has 34 heavy (non-hydrogen) atoms. The standard InChI is InChI=1S/C24H27N3O6S/c1-17-23(22(33-26-17)10-9-20-7-5-15-32-20)34(29,30)27-13-11-18(12-14-27)24(28)25-16-19-6-3-4-8-21(19)31-2/h3-10,15,18H,11-14,16H2,1-2H3,(H,25,28)/b10-9+. The van der Waals surface area contributed by atoms with Crippen LogP contribution in [-0.2, 0) is 21.4 Å². The molecule has 0 bridgehead atoms. The zero-order chi connectivity index (χ0) is 24.1. The number of methoxy groups -OCH3 is 1. The van der Waals surface area contributed by atoms with Crippen molar-refractivity contribution >= 4 is 28.1 Å². The molecule has 1 aliphatic heterocycles. The first-order chi connectivity index (χ1) is 16.4. The molecule has 0 aliphatic carbocycles. The minimum absolute atomic E-state index is 0.0365. The second kappa shape index (κ2) is 10.3. The summed E-state index contributed by atoms with van der Waals surface area (Å²) in [5, 5.41) is 6.79. The normalized spacial score (nSPS) is 15.6. The number of hydrogen-bond acceptors (Lipinski definition) is 7. The van der Waals surface area contributed by atoms with E-state index < -0.39 is 10.0 Å². The van der Waals surface area contributed by atoms with Gasteiger partial charge >= 0.3 is 0 Å². The number of carbonyl (C=O) groups excluding carboxylic acids is 1. The Hall–Kier alpha value is -3.37. The number of rotatable bonds is 8. The van der Waals surface area contributed by atoms with E-state index in [1.807, 2.05) is 24.3 Å². The van der Waals surface area contributed by atoms with Gasteiger partial charge in [-0.1, -0.05) is 23.4 Å². The van der Waals surface area contributed by atoms with Crippen molar-refractivity contribution in [3.05, 3.63) is 65.4 Å². The van der Waals surface area contributed by atoms with E-state index in [1.165, 1.54) is 16.6 Å². The van der Waals surface area contributed by atoms with E-state index in [0.29, 0.717) is 30.9 Å². The van der Waals surface area contributed by atoms with E-state index in [9.17, 15) is 13.2 Å². The third-order valence-electron chi connectivity index (χ3n) is 5.84. The van der Waals surface area contributed by atoms with Gasteiger partial charge in [-0.25, -0.2) is 8.42 Å². The van der Waals surface area contributed by atoms with E-state index in [-0.39, 0.29) is 41.3 Å². The lowest BCUT2D eigenvalue weighted by molar-refractivity contribution is -0.126. The summed E-state index contributed by atoms with van der Waals surface area (Å²) >= 11 is 0. The van der Waals surface area contributed by atoms with Crippen molar-refractivity contribution in [2.24, 2.45) is 5.92 Å². The smallest absolute Gasteiger partial charge is 0.248 e. The zero-order valence-corrected chi connectivity index (χ0v) is 19.9. The number of para-hydroxylation sites is 1. The highest BCUT2D eigenvalue weighted by atomic mass is 32.2. The summed E-state index contributed by atoms with van der Waals surface area (Å²) in [6, 6.07) is 11.0. The molecule has 1 saturated heterocycles. The van der Waals surface area contributed by atoms with Crippen molar-refractivity contribution in [2.75, 3.05) is 20.2 Å². The molecule has 3 aromatic rings. The van der Waals surface area contributed by atoms with Crippen LogP contribution in [0.2, 0.25) is 0 Å². The Morgan fingerprint density at radius 3 is 2.68 bits per heavy atom. The van der Waals surface area contributed by atoms with Crippen molar-refractivity contribution in [3.8, 4) is 5.75 Å². The molecule has 0 unspecified atom stereocenters. The van der Waals surface area contributed by atoms with Gasteiger partial charge in [0.2, 0.25) is 15.9 Å². The van der Waals surface area contributed by atoms with Crippen LogP contribution in [0.1, 0.15) is 35.6 Å². The van der Waals surface area contributed by atoms with Gasteiger partial charge in [-0.05, 0) is 50.1 Å². The van der Waals surface area contributed by atoms with Gasteiger partial charge < -0.3 is 19.0 Å². The molecule has 1 fully saturated rings. The number of carbonyl (C=O) groups is 1. The largest absolute Gasteiger partial charge is 0.496 e. The lowest BCUT2D eigenvalue weighted by atomic mass is 9.97. The summed E-state index contributed by atoms with van der Waals surface area (Å²) in [4.78, 5) is 12.7. The first kappa shape index (κ1) is 23.8. The maximum atomic E-state index is 13.4. The third-order valence-corrected chi connectivity index (χ3v) is 7.90. The highest BCUT2D eigenvalue weighted by Gasteiger charge is 2.35. The van der Waals surface area contributed by atoms with Gasteiger partial charge in [0, 0.05) is 31.1 Å². The highest BCUT2D eigenvalue weighted by molar-refractivity contribution is 7.89. The van der Waals surface area contributed by atoms with Crippen molar-refractivity contribution in [1.82, 2.24) is 14.8 Å². The number of sulfonamides is 1. The Kier molecular flexibility index (Phi) is 7.18. The summed E-state index contributed by atoms with van der Waals surface area (Å²) in [6.07, 6.45) is 5.54. The Morgan fingerprint density at radius 1 is 1.21 bits per heavy atom. The van der Waals surface area contributed by atoms with Gasteiger partial charge in [0.05, 0.1) is 13.4 Å². The second-order valence-corrected chi connectivity index (χ2v) is 9.89. The number of aromatic nitrogens is 1. The van der Waals surface area contributed by atoms with Gasteiger partial charge in [0.25, 0.3) is 0 Å². The molecular weight excluding hydrogens is 458 g/mol. The summed E-state index contributed by atoms with van der Waals surface area (Å²) in [7, 11) is -2.25. The molecule has 0 spiro atoms. The van der Waals surface area contributed by atoms with E-state index in [4.69, 9.17) is 13.7 Å². The molecule has 1 aromatic carbocycles. The van der Waals surface area contributed by atoms with Crippen molar-refractivity contribution < 1.29 is 26.9 Å². The van der Waals surface area contributed by atoms with Crippen LogP contribution in [-0.4, -0.2) is 44.0 Å². The van der Waals surface area contributed by atoms with Crippen LogP contribution in [0.5, 0.6) is 5.75 Å². The fourth-order valence-corrected chi connectivity index (χ4v) is 5.73. The molecule has 180 valence electrons. The number of ether oxygens (including phenoxy) is 1. The number of hydrogen-bond donors (Lipinski definition) is 1. The van der Waals surface area contributed by atoms with Crippen LogP contribution in [0.25, 0.3) is 12.2 Å². The van der Waals surface area contributed by atoms with Gasteiger partial charge in [0.15, 0.2) is 10.7 Å². The van der Waals surface area contributed by atoms with Gasteiger partial charge in [-0.15, -0.1) is 0 Å². The molecule has 3 heterocycles. The van der Waals surface area contributed by atoms with E-state index in [1.54, 1.807) is 32.2 Å². The Bertz CT molecular complexity index is 1260. The number of amides is 1. The molecule has 1 aliphatic rings. The molecule has 1 amide bonds. The number of piperidine rings is 1. The van der Waals surface area contributed by atoms with Crippen molar-refractivity contribution in [3.63, 3.8) is 0 Å². The Labute approximate surface area is 198 Å². The predicted molar refractivity (Wildman–Crippen MR) is 125 cm³/mol. The van der Waals surface area contributed by atoms with Gasteiger partial charge in [0.1, 0.15) is 17.2 Å². The average molecular weight is 486 g/mol. The predicted octanol–water partition coefficient (Wildman–Crippen LogP) is 3.47. The maximum Gasteiger partial charge on any atom is 0.248 e. The molecule has 9 nitrogen and oxygen atoms in total. The average Bonchev–Trinajstić information content (AvgIpc) is 3.51. The number of aryl methyl sites for hydroxylation is 1. The van der Waals surface area contributed by atoms with Gasteiger partial charge in [-0.2, -0.15) is 4.31 Å². The monoisotopic (exact) mass is 485 g/mol. The molecule has 0 saturated carbocycles. The van der Waals surface area contributed by atoms with Crippen LogP contribution in [0.4, 0.5) is 0 Å². The quantitative estimate of drug-likeness (QED) is 0.519. The minimum Gasteiger partial charge on any atom is -0.496 e. The van der Waals surface area contributed by atoms with Crippen LogP contribution < -0.4 is 10.1 Å². The Balaban J connectivity index is 1.39. The molecule has 2 aromatic heterocycles. The first-order valence-electron chi connectivity index (χ1n) is 11.0. The fraction of sp³-hybridized carbons (Fsp3) is 0.333. The molecule has 0 atom stereocenters. The Morgan fingerprint density at radius 2 is 1.97 bits per heavy atom. The minimum atomic E-state index is -3.84. The number of nitrogens with one attached hydrogen (secondary N) is 1. The van der Waals surface area contributed by atoms with Crippen LogP contribution >= 0.6 is 0 Å². The lowest BCUT2D eigenvalue weighted by Gasteiger charge is -2.30. The molecular formula is C24H27N3O6S. The van der Waals surface area contributed by atoms with Crippen LogP contribution in [0.3, 0.4) is 0 Å². The van der Waals surface area contributed by atoms with Crippen molar-refractivity contribution in [1.29, 1.82) is 0 Å². The van der Waals surface area contributed by atoms with E-state index >= 15 is 0 Å². The van der Waals surface area contributed by atoms with Crippen LogP contribution in [0, 0.1) is 12.8 Å². The first-order valence-corrected chi connectivity index (χ1v) is 12.4. The number of furan rings is 1. The second-order valence-electron chi connectivity index (χ2n) is 8.02. The fourth-order valence-electron chi connectivity index (χ4n) is 4.01. The van der Waals surface area contributed by atoms with Crippen LogP contribution in [0.15, 0.2) is 56.5 Å². The maximum absolute atomic E-state index is 13.4. The molecule has 4 rings (SSSR count). The zero-order valence-electron chi connectivity index (χ0n) is 19.1. The molecule has 1 N–H and O–H groups in total. The molecule has 0 radical (unpaired) electrons. The summed E-state index contributed by atoms with van der Waals surface area (Å²) in [6.45, 7) is 2.42. The summed E-state index contributed by atoms with van der Waals surface area (Å²) in [5.41, 5.74) is 1.17. The summed E-state index contributed by atoms with van der Waals surface area (Å²) in [5.74, 6) is 1.07. The van der Waals surface area contributed by atoms with Gasteiger partial charge in [-0.3, -0.25) is 4.79 Å². The van der Waals surface area contributed by atoms with E-state index in [2.05, 4.69) is 10.5 Å². The topological polar surface area (TPSA) is 115 Å². The SMILES string of the molecule is COc1ccccc1CNC(=O)C1CCN(S(=O)(=O)c2c(C)noc2/C=C/c2ccco2)CC1. The van der Waals surface area contributed by atoms with Crippen molar-refractivity contribution in [2.45, 2.75) is 31.2 Å². The third kappa shape index (κ3) is 5.07. The summed E-state index contributed by atoms with van der Waals surface area (Å²) < 4.78 is 43.9. The number of nitrogens with zero attached hydrogens (tertiary/aromatic N) is 2.